The number of nitrogens with zero attached hydrogens (tertiary/aromatic N) is 3. The molecule has 2 heterocycles. The maximum Gasteiger partial charge on any atom is 0.338 e. The molecule has 0 unspecified atom stereocenters. The molecule has 0 aliphatic carbocycles. The predicted octanol–water partition coefficient (Wildman–Crippen LogP) is 2.79. The Morgan fingerprint density at radius 1 is 1.24 bits per heavy atom. The first kappa shape index (κ1) is 24.9. The van der Waals surface area contributed by atoms with Crippen LogP contribution in [0.2, 0.25) is 0 Å². The lowest BCUT2D eigenvalue weighted by Crippen LogP contribution is -2.39. The van der Waals surface area contributed by atoms with E-state index in [1.54, 1.807) is 25.3 Å². The van der Waals surface area contributed by atoms with Gasteiger partial charge in [0, 0.05) is 42.3 Å². The van der Waals surface area contributed by atoms with E-state index in [2.05, 4.69) is 31.4 Å². The van der Waals surface area contributed by atoms with Crippen LogP contribution in [0.1, 0.15) is 40.7 Å². The summed E-state index contributed by atoms with van der Waals surface area (Å²) in [6, 6.07) is 9.47. The van der Waals surface area contributed by atoms with E-state index < -0.39 is 0 Å². The van der Waals surface area contributed by atoms with E-state index in [1.807, 2.05) is 26.0 Å². The highest BCUT2D eigenvalue weighted by molar-refractivity contribution is 7.80. The highest BCUT2D eigenvalue weighted by atomic mass is 32.1. The largest absolute Gasteiger partial charge is 0.462 e. The first-order valence-electron chi connectivity index (χ1n) is 11.3. The van der Waals surface area contributed by atoms with Crippen LogP contribution in [0, 0.1) is 13.8 Å². The molecule has 0 radical (unpaired) electrons. The Labute approximate surface area is 200 Å². The topological polar surface area (TPSA) is 80.1 Å². The molecule has 0 saturated carbocycles. The van der Waals surface area contributed by atoms with E-state index in [0.29, 0.717) is 17.3 Å². The van der Waals surface area contributed by atoms with Gasteiger partial charge in [0.2, 0.25) is 0 Å². The summed E-state index contributed by atoms with van der Waals surface area (Å²) in [5, 5.41) is 8.00. The van der Waals surface area contributed by atoms with Gasteiger partial charge in [-0.2, -0.15) is 5.10 Å². The van der Waals surface area contributed by atoms with Gasteiger partial charge < -0.3 is 19.4 Å². The first-order valence-corrected chi connectivity index (χ1v) is 11.7. The van der Waals surface area contributed by atoms with Crippen molar-refractivity contribution in [1.82, 2.24) is 20.2 Å². The van der Waals surface area contributed by atoms with Gasteiger partial charge in [0.05, 0.1) is 31.6 Å². The van der Waals surface area contributed by atoms with E-state index in [4.69, 9.17) is 21.7 Å². The maximum atomic E-state index is 11.9. The molecule has 1 aliphatic rings. The van der Waals surface area contributed by atoms with Crippen molar-refractivity contribution in [3.63, 3.8) is 0 Å². The van der Waals surface area contributed by atoms with Crippen LogP contribution in [0.4, 0.5) is 0 Å². The third kappa shape index (κ3) is 7.12. The number of aryl methyl sites for hydroxylation is 1. The summed E-state index contributed by atoms with van der Waals surface area (Å²) in [4.78, 5) is 14.3. The van der Waals surface area contributed by atoms with Gasteiger partial charge in [0.15, 0.2) is 5.11 Å². The van der Waals surface area contributed by atoms with Crippen LogP contribution >= 0.6 is 12.2 Å². The minimum atomic E-state index is -0.311. The standard InChI is InChI=1S/C24H33N5O3S/c1-4-32-23(30)20-6-8-22(9-7-20)29-18(2)16-21(19(29)3)17-26-27-24(33)25-10-5-11-28-12-14-31-15-13-28/h6-9,16-17H,4-5,10-15H2,1-3H3,(H2,25,27,33)/b26-17+. The number of hydrogen-bond donors (Lipinski definition) is 2. The Morgan fingerprint density at radius 3 is 2.67 bits per heavy atom. The number of nitrogens with one attached hydrogen (secondary N) is 2. The van der Waals surface area contributed by atoms with E-state index in [-0.39, 0.29) is 5.97 Å². The zero-order chi connectivity index (χ0) is 23.6. The van der Waals surface area contributed by atoms with Gasteiger partial charge in [-0.15, -0.1) is 0 Å². The van der Waals surface area contributed by atoms with E-state index in [9.17, 15) is 4.79 Å². The van der Waals surface area contributed by atoms with Crippen LogP contribution in [-0.4, -0.2) is 72.8 Å². The second-order valence-corrected chi connectivity index (χ2v) is 8.27. The summed E-state index contributed by atoms with van der Waals surface area (Å²) in [5.41, 5.74) is 7.52. The molecular formula is C24H33N5O3S. The Morgan fingerprint density at radius 2 is 1.97 bits per heavy atom. The van der Waals surface area contributed by atoms with Crippen LogP contribution in [0.3, 0.4) is 0 Å². The number of rotatable bonds is 9. The molecular weight excluding hydrogens is 438 g/mol. The molecule has 3 rings (SSSR count). The minimum Gasteiger partial charge on any atom is -0.462 e. The summed E-state index contributed by atoms with van der Waals surface area (Å²) in [5.74, 6) is -0.311. The van der Waals surface area contributed by atoms with Crippen LogP contribution in [0.15, 0.2) is 35.4 Å². The smallest absolute Gasteiger partial charge is 0.338 e. The summed E-state index contributed by atoms with van der Waals surface area (Å²) >= 11 is 5.32. The van der Waals surface area contributed by atoms with Gasteiger partial charge in [-0.05, 0) is 76.3 Å². The number of esters is 1. The number of benzene rings is 1. The molecule has 0 bridgehead atoms. The second-order valence-electron chi connectivity index (χ2n) is 7.86. The predicted molar refractivity (Wildman–Crippen MR) is 134 cm³/mol. The Kier molecular flexibility index (Phi) is 9.41. The molecule has 8 nitrogen and oxygen atoms in total. The molecule has 9 heteroatoms. The Bertz CT molecular complexity index is 965. The van der Waals surface area contributed by atoms with Crippen LogP contribution in [0.25, 0.3) is 5.69 Å². The number of hydrogen-bond acceptors (Lipinski definition) is 6. The molecule has 0 atom stereocenters. The van der Waals surface area contributed by atoms with Crippen molar-refractivity contribution in [2.45, 2.75) is 27.2 Å². The van der Waals surface area contributed by atoms with E-state index in [1.165, 1.54) is 0 Å². The fraction of sp³-hybridized carbons (Fsp3) is 0.458. The minimum absolute atomic E-state index is 0.311. The number of aromatic nitrogens is 1. The van der Waals surface area contributed by atoms with Gasteiger partial charge in [-0.3, -0.25) is 10.3 Å². The molecule has 0 amide bonds. The van der Waals surface area contributed by atoms with E-state index in [0.717, 1.165) is 68.5 Å². The number of hydrazone groups is 1. The number of ether oxygens (including phenoxy) is 2. The normalized spacial score (nSPS) is 14.4. The van der Waals surface area contributed by atoms with Crippen molar-refractivity contribution in [3.05, 3.63) is 52.8 Å². The number of morpholine rings is 1. The summed E-state index contributed by atoms with van der Waals surface area (Å²) in [6.07, 6.45) is 2.79. The van der Waals surface area contributed by atoms with Gasteiger partial charge in [0.25, 0.3) is 0 Å². The lowest BCUT2D eigenvalue weighted by atomic mass is 10.2. The third-order valence-corrected chi connectivity index (χ3v) is 5.75. The number of thiocarbonyl (C=S) groups is 1. The van der Waals surface area contributed by atoms with Crippen molar-refractivity contribution in [3.8, 4) is 5.69 Å². The third-order valence-electron chi connectivity index (χ3n) is 5.52. The Balaban J connectivity index is 1.50. The summed E-state index contributed by atoms with van der Waals surface area (Å²) in [6.45, 7) is 11.7. The lowest BCUT2D eigenvalue weighted by Gasteiger charge is -2.26. The van der Waals surface area contributed by atoms with Gasteiger partial charge in [-0.25, -0.2) is 4.79 Å². The molecule has 0 spiro atoms. The molecule has 178 valence electrons. The van der Waals surface area contributed by atoms with Crippen molar-refractivity contribution in [2.24, 2.45) is 5.10 Å². The van der Waals surface area contributed by atoms with Crippen molar-refractivity contribution >= 4 is 29.5 Å². The van der Waals surface area contributed by atoms with Crippen LogP contribution in [0.5, 0.6) is 0 Å². The highest BCUT2D eigenvalue weighted by Gasteiger charge is 2.12. The van der Waals surface area contributed by atoms with Crippen molar-refractivity contribution in [1.29, 1.82) is 0 Å². The van der Waals surface area contributed by atoms with Crippen LogP contribution < -0.4 is 10.7 Å². The molecule has 1 aromatic carbocycles. The monoisotopic (exact) mass is 471 g/mol. The van der Waals surface area contributed by atoms with Gasteiger partial charge in [-0.1, -0.05) is 0 Å². The fourth-order valence-electron chi connectivity index (χ4n) is 3.81. The van der Waals surface area contributed by atoms with Crippen molar-refractivity contribution < 1.29 is 14.3 Å². The number of carbonyl (C=O) groups excluding carboxylic acids is 1. The molecule has 2 N–H and O–H groups in total. The summed E-state index contributed by atoms with van der Waals surface area (Å²) < 4.78 is 12.5. The van der Waals surface area contributed by atoms with Gasteiger partial charge >= 0.3 is 5.97 Å². The summed E-state index contributed by atoms with van der Waals surface area (Å²) in [7, 11) is 0. The zero-order valence-electron chi connectivity index (χ0n) is 19.6. The molecule has 1 aromatic heterocycles. The second kappa shape index (κ2) is 12.5. The van der Waals surface area contributed by atoms with Crippen LogP contribution in [-0.2, 0) is 9.47 Å². The average Bonchev–Trinajstić information content (AvgIpc) is 3.10. The molecule has 1 saturated heterocycles. The molecule has 1 fully saturated rings. The zero-order valence-corrected chi connectivity index (χ0v) is 20.4. The fourth-order valence-corrected chi connectivity index (χ4v) is 3.96. The number of carbonyl (C=O) groups is 1. The highest BCUT2D eigenvalue weighted by Crippen LogP contribution is 2.20. The van der Waals surface area contributed by atoms with Crippen molar-refractivity contribution in [2.75, 3.05) is 46.0 Å². The molecule has 33 heavy (non-hydrogen) atoms. The Hall–Kier alpha value is -2.75. The first-order chi connectivity index (χ1) is 16.0. The SMILES string of the molecule is CCOC(=O)c1ccc(-n2c(C)cc(/C=N/NC(=S)NCCCN3CCOCC3)c2C)cc1. The molecule has 2 aromatic rings. The maximum absolute atomic E-state index is 11.9. The lowest BCUT2D eigenvalue weighted by molar-refractivity contribution is 0.0376. The van der Waals surface area contributed by atoms with E-state index >= 15 is 0 Å². The van der Waals surface area contributed by atoms with Gasteiger partial charge in [0.1, 0.15) is 0 Å². The molecule has 1 aliphatic heterocycles. The quantitative estimate of drug-likeness (QED) is 0.191. The average molecular weight is 472 g/mol.